The highest BCUT2D eigenvalue weighted by Crippen LogP contribution is 2.18. The van der Waals surface area contributed by atoms with E-state index in [9.17, 15) is 4.79 Å². The Hall–Kier alpha value is -1.60. The molecule has 2 aromatic rings. The lowest BCUT2D eigenvalue weighted by Crippen LogP contribution is -2.26. The molecule has 1 unspecified atom stereocenters. The average Bonchev–Trinajstić information content (AvgIpc) is 3.08. The molecule has 1 atom stereocenters. The Morgan fingerprint density at radius 2 is 2.38 bits per heavy atom. The third-order valence-corrected chi connectivity index (χ3v) is 4.57. The largest absolute Gasteiger partial charge is 0.343 e. The standard InChI is InChI=1S/C14H18N4OS2/c1-4-20-14-17-16-13(18(14)3)10(2)15-12(19)8-7-11-6-5-9-21-11/h5-10H,4H2,1-3H3,(H,15,19)/b8-7+. The van der Waals surface area contributed by atoms with E-state index in [1.54, 1.807) is 29.2 Å². The Morgan fingerprint density at radius 3 is 3.05 bits per heavy atom. The average molecular weight is 322 g/mol. The summed E-state index contributed by atoms with van der Waals surface area (Å²) < 4.78 is 1.92. The van der Waals surface area contributed by atoms with Crippen molar-refractivity contribution >= 4 is 35.1 Å². The van der Waals surface area contributed by atoms with Crippen molar-refractivity contribution in [3.8, 4) is 0 Å². The van der Waals surface area contributed by atoms with Crippen LogP contribution in [0.25, 0.3) is 6.08 Å². The van der Waals surface area contributed by atoms with Crippen LogP contribution < -0.4 is 5.32 Å². The van der Waals surface area contributed by atoms with Crippen molar-refractivity contribution in [2.45, 2.75) is 25.0 Å². The van der Waals surface area contributed by atoms with Gasteiger partial charge < -0.3 is 9.88 Å². The fraction of sp³-hybridized carbons (Fsp3) is 0.357. The second kappa shape index (κ2) is 7.42. The molecule has 0 aromatic carbocycles. The first-order valence-corrected chi connectivity index (χ1v) is 8.52. The van der Waals surface area contributed by atoms with Crippen LogP contribution in [-0.4, -0.2) is 26.4 Å². The Kier molecular flexibility index (Phi) is 5.58. The number of thiophene rings is 1. The summed E-state index contributed by atoms with van der Waals surface area (Å²) in [6.45, 7) is 3.97. The highest BCUT2D eigenvalue weighted by molar-refractivity contribution is 7.99. The molecule has 112 valence electrons. The van der Waals surface area contributed by atoms with Gasteiger partial charge in [0.2, 0.25) is 5.91 Å². The fourth-order valence-corrected chi connectivity index (χ4v) is 3.09. The number of amides is 1. The lowest BCUT2D eigenvalue weighted by molar-refractivity contribution is -0.117. The highest BCUT2D eigenvalue weighted by Gasteiger charge is 2.16. The van der Waals surface area contributed by atoms with Crippen LogP contribution in [-0.2, 0) is 11.8 Å². The monoisotopic (exact) mass is 322 g/mol. The zero-order valence-electron chi connectivity index (χ0n) is 12.2. The summed E-state index contributed by atoms with van der Waals surface area (Å²) in [6.07, 6.45) is 3.35. The van der Waals surface area contributed by atoms with E-state index in [1.807, 2.05) is 42.1 Å². The summed E-state index contributed by atoms with van der Waals surface area (Å²) in [7, 11) is 1.91. The second-order valence-electron chi connectivity index (χ2n) is 4.41. The van der Waals surface area contributed by atoms with Crippen LogP contribution in [0.4, 0.5) is 0 Å². The summed E-state index contributed by atoms with van der Waals surface area (Å²) >= 11 is 3.23. The lowest BCUT2D eigenvalue weighted by atomic mass is 10.3. The van der Waals surface area contributed by atoms with E-state index in [0.29, 0.717) is 0 Å². The maximum absolute atomic E-state index is 11.9. The van der Waals surface area contributed by atoms with Crippen molar-refractivity contribution in [1.82, 2.24) is 20.1 Å². The van der Waals surface area contributed by atoms with Crippen molar-refractivity contribution < 1.29 is 4.79 Å². The van der Waals surface area contributed by atoms with Gasteiger partial charge in [-0.25, -0.2) is 0 Å². The SMILES string of the molecule is CCSc1nnc(C(C)NC(=O)/C=C/c2cccs2)n1C. The molecule has 0 aliphatic heterocycles. The second-order valence-corrected chi connectivity index (χ2v) is 6.62. The predicted molar refractivity (Wildman–Crippen MR) is 87.3 cm³/mol. The van der Waals surface area contributed by atoms with Gasteiger partial charge in [0.25, 0.3) is 0 Å². The molecule has 0 spiro atoms. The molecule has 0 aliphatic carbocycles. The van der Waals surface area contributed by atoms with Gasteiger partial charge in [-0.15, -0.1) is 21.5 Å². The number of hydrogen-bond donors (Lipinski definition) is 1. The zero-order chi connectivity index (χ0) is 15.2. The third-order valence-electron chi connectivity index (χ3n) is 2.83. The summed E-state index contributed by atoms with van der Waals surface area (Å²) in [6, 6.07) is 3.74. The molecule has 0 saturated carbocycles. The number of nitrogens with zero attached hydrogens (tertiary/aromatic N) is 3. The van der Waals surface area contributed by atoms with Crippen molar-refractivity contribution in [1.29, 1.82) is 0 Å². The van der Waals surface area contributed by atoms with Gasteiger partial charge in [0.15, 0.2) is 11.0 Å². The first-order chi connectivity index (χ1) is 10.1. The Morgan fingerprint density at radius 1 is 1.57 bits per heavy atom. The Balaban J connectivity index is 1.97. The van der Waals surface area contributed by atoms with Crippen LogP contribution in [0.3, 0.4) is 0 Å². The van der Waals surface area contributed by atoms with Crippen LogP contribution in [0.5, 0.6) is 0 Å². The van der Waals surface area contributed by atoms with Crippen LogP contribution in [0.1, 0.15) is 30.6 Å². The molecule has 2 aromatic heterocycles. The minimum absolute atomic E-state index is 0.136. The van der Waals surface area contributed by atoms with Crippen molar-refractivity contribution in [3.63, 3.8) is 0 Å². The van der Waals surface area contributed by atoms with Gasteiger partial charge in [-0.2, -0.15) is 0 Å². The first kappa shape index (κ1) is 15.8. The molecule has 2 heterocycles. The van der Waals surface area contributed by atoms with Crippen LogP contribution in [0, 0.1) is 0 Å². The van der Waals surface area contributed by atoms with Gasteiger partial charge in [0, 0.05) is 18.0 Å². The smallest absolute Gasteiger partial charge is 0.244 e. The van der Waals surface area contributed by atoms with Gasteiger partial charge in [0.1, 0.15) is 0 Å². The predicted octanol–water partition coefficient (Wildman–Crippen LogP) is 2.88. The van der Waals surface area contributed by atoms with Gasteiger partial charge in [-0.1, -0.05) is 24.8 Å². The van der Waals surface area contributed by atoms with Crippen LogP contribution >= 0.6 is 23.1 Å². The molecular formula is C14H18N4OS2. The molecule has 2 rings (SSSR count). The van der Waals surface area contributed by atoms with Crippen LogP contribution in [0.15, 0.2) is 28.7 Å². The van der Waals surface area contributed by atoms with E-state index in [0.717, 1.165) is 21.6 Å². The maximum atomic E-state index is 11.9. The van der Waals surface area contributed by atoms with E-state index in [-0.39, 0.29) is 11.9 Å². The lowest BCUT2D eigenvalue weighted by Gasteiger charge is -2.11. The molecule has 0 bridgehead atoms. The number of aromatic nitrogens is 3. The molecule has 0 saturated heterocycles. The molecule has 0 aliphatic rings. The van der Waals surface area contributed by atoms with E-state index < -0.39 is 0 Å². The Labute approximate surface area is 132 Å². The van der Waals surface area contributed by atoms with Gasteiger partial charge >= 0.3 is 0 Å². The molecule has 1 N–H and O–H groups in total. The quantitative estimate of drug-likeness (QED) is 0.656. The van der Waals surface area contributed by atoms with E-state index in [1.165, 1.54) is 0 Å². The third kappa shape index (κ3) is 4.18. The van der Waals surface area contributed by atoms with E-state index >= 15 is 0 Å². The first-order valence-electron chi connectivity index (χ1n) is 6.66. The highest BCUT2D eigenvalue weighted by atomic mass is 32.2. The van der Waals surface area contributed by atoms with Crippen molar-refractivity contribution in [3.05, 3.63) is 34.3 Å². The molecule has 5 nitrogen and oxygen atoms in total. The molecule has 0 fully saturated rings. The summed E-state index contributed by atoms with van der Waals surface area (Å²) in [5.74, 6) is 1.56. The number of nitrogens with one attached hydrogen (secondary N) is 1. The van der Waals surface area contributed by atoms with Gasteiger partial charge in [-0.05, 0) is 30.2 Å². The van der Waals surface area contributed by atoms with E-state index in [4.69, 9.17) is 0 Å². The molecule has 21 heavy (non-hydrogen) atoms. The maximum Gasteiger partial charge on any atom is 0.244 e. The van der Waals surface area contributed by atoms with E-state index in [2.05, 4.69) is 22.4 Å². The van der Waals surface area contributed by atoms with Gasteiger partial charge in [0.05, 0.1) is 6.04 Å². The Bertz CT molecular complexity index is 619. The number of hydrogen-bond acceptors (Lipinski definition) is 5. The van der Waals surface area contributed by atoms with Gasteiger partial charge in [-0.3, -0.25) is 4.79 Å². The number of thioether (sulfide) groups is 1. The van der Waals surface area contributed by atoms with Crippen LogP contribution in [0.2, 0.25) is 0 Å². The summed E-state index contributed by atoms with van der Waals surface area (Å²) in [5.41, 5.74) is 0. The van der Waals surface area contributed by atoms with Crippen molar-refractivity contribution in [2.24, 2.45) is 7.05 Å². The molecule has 0 radical (unpaired) electrons. The minimum atomic E-state index is -0.186. The van der Waals surface area contributed by atoms with Crippen molar-refractivity contribution in [2.75, 3.05) is 5.75 Å². The topological polar surface area (TPSA) is 59.8 Å². The molecule has 1 amide bonds. The molecule has 7 heteroatoms. The summed E-state index contributed by atoms with van der Waals surface area (Å²) in [5, 5.41) is 14.0. The number of rotatable bonds is 6. The minimum Gasteiger partial charge on any atom is -0.343 e. The normalized spacial score (nSPS) is 12.7. The number of carbonyl (C=O) groups is 1. The fourth-order valence-electron chi connectivity index (χ4n) is 1.83. The molecular weight excluding hydrogens is 304 g/mol. The zero-order valence-corrected chi connectivity index (χ0v) is 13.9. The number of carbonyl (C=O) groups excluding carboxylic acids is 1. The summed E-state index contributed by atoms with van der Waals surface area (Å²) in [4.78, 5) is 13.0.